The normalized spacial score (nSPS) is 14.2. The van der Waals surface area contributed by atoms with Crippen LogP contribution in [0.25, 0.3) is 17.0 Å². The minimum Gasteiger partial charge on any atom is -0.361 e. The zero-order valence-corrected chi connectivity index (χ0v) is 20.2. The molecule has 0 bridgehead atoms. The number of nitriles is 1. The van der Waals surface area contributed by atoms with E-state index >= 15 is 0 Å². The van der Waals surface area contributed by atoms with Crippen molar-refractivity contribution in [3.05, 3.63) is 89.9 Å². The van der Waals surface area contributed by atoms with Crippen LogP contribution in [-0.4, -0.2) is 34.0 Å². The molecule has 0 atom stereocenters. The molecule has 1 fully saturated rings. The number of piperidine rings is 1. The zero-order chi connectivity index (χ0) is 24.9. The number of pyridine rings is 1. The Bertz CT molecular complexity index is 1440. The summed E-state index contributed by atoms with van der Waals surface area (Å²) in [5.41, 5.74) is 6.08. The highest BCUT2D eigenvalue weighted by atomic mass is 16.2. The number of allylic oxidation sites excluding steroid dienone is 1. The molecule has 3 heterocycles. The second-order valence-corrected chi connectivity index (χ2v) is 9.04. The van der Waals surface area contributed by atoms with Gasteiger partial charge < -0.3 is 20.5 Å². The Morgan fingerprint density at radius 3 is 2.72 bits per heavy atom. The predicted octanol–water partition coefficient (Wildman–Crippen LogP) is 6.44. The largest absolute Gasteiger partial charge is 0.361 e. The summed E-state index contributed by atoms with van der Waals surface area (Å²) in [4.78, 5) is 22.0. The standard InChI is InChI=1S/C29H28N6O/c1-20-25-11-14-32-27(25)10-9-26(20)34-28-22(18-31-19-23(28)17-30)8-7-21-12-15-35(16-13-21)29(36)33-24-5-3-2-4-6-24/h2-11,14,18-19,21,32H,12-13,15-16H2,1H3,(H,31,34)(H,33,36). The second kappa shape index (κ2) is 10.4. The molecule has 1 aliphatic heterocycles. The number of urea groups is 1. The van der Waals surface area contributed by atoms with Gasteiger partial charge in [0.05, 0.1) is 11.3 Å². The number of carbonyl (C=O) groups excluding carboxylic acids is 1. The number of likely N-dealkylation sites (tertiary alicyclic amines) is 1. The fraction of sp³-hybridized carbons (Fsp3) is 0.207. The molecule has 3 N–H and O–H groups in total. The van der Waals surface area contributed by atoms with E-state index in [1.54, 1.807) is 12.4 Å². The van der Waals surface area contributed by atoms with Gasteiger partial charge >= 0.3 is 6.03 Å². The van der Waals surface area contributed by atoms with Crippen LogP contribution in [0.2, 0.25) is 0 Å². The molecule has 7 heteroatoms. The van der Waals surface area contributed by atoms with Gasteiger partial charge in [-0.3, -0.25) is 4.98 Å². The molecule has 0 saturated carbocycles. The van der Waals surface area contributed by atoms with Gasteiger partial charge in [0.15, 0.2) is 0 Å². The summed E-state index contributed by atoms with van der Waals surface area (Å²) in [7, 11) is 0. The minimum absolute atomic E-state index is 0.0594. The highest BCUT2D eigenvalue weighted by Gasteiger charge is 2.21. The van der Waals surface area contributed by atoms with Crippen LogP contribution in [0.1, 0.15) is 29.5 Å². The van der Waals surface area contributed by atoms with Crippen LogP contribution in [0, 0.1) is 24.2 Å². The Morgan fingerprint density at radius 2 is 1.94 bits per heavy atom. The number of hydrogen-bond donors (Lipinski definition) is 3. The summed E-state index contributed by atoms with van der Waals surface area (Å²) in [6, 6.07) is 17.9. The maximum absolute atomic E-state index is 12.6. The number of benzene rings is 2. The molecule has 7 nitrogen and oxygen atoms in total. The lowest BCUT2D eigenvalue weighted by molar-refractivity contribution is 0.191. The number of nitrogens with one attached hydrogen (secondary N) is 3. The van der Waals surface area contributed by atoms with Gasteiger partial charge in [-0.2, -0.15) is 5.26 Å². The Balaban J connectivity index is 1.28. The van der Waals surface area contributed by atoms with E-state index in [9.17, 15) is 10.1 Å². The Morgan fingerprint density at radius 1 is 1.14 bits per heavy atom. The smallest absolute Gasteiger partial charge is 0.321 e. The number of rotatable bonds is 5. The molecule has 1 saturated heterocycles. The first-order chi connectivity index (χ1) is 17.6. The number of H-pyrrole nitrogens is 1. The summed E-state index contributed by atoms with van der Waals surface area (Å²) in [6.07, 6.45) is 11.3. The van der Waals surface area contributed by atoms with Crippen LogP contribution >= 0.6 is 0 Å². The van der Waals surface area contributed by atoms with Crippen LogP contribution < -0.4 is 10.6 Å². The van der Waals surface area contributed by atoms with Gasteiger partial charge in [0.25, 0.3) is 0 Å². The number of anilines is 3. The summed E-state index contributed by atoms with van der Waals surface area (Å²) in [5.74, 6) is 0.349. The molecule has 0 radical (unpaired) electrons. The topological polar surface area (TPSA) is 96.8 Å². The highest BCUT2D eigenvalue weighted by molar-refractivity contribution is 5.90. The van der Waals surface area contributed by atoms with E-state index < -0.39 is 0 Å². The van der Waals surface area contributed by atoms with Gasteiger partial charge in [-0.25, -0.2) is 4.79 Å². The monoisotopic (exact) mass is 476 g/mol. The average molecular weight is 477 g/mol. The summed E-state index contributed by atoms with van der Waals surface area (Å²) < 4.78 is 0. The number of carbonyl (C=O) groups is 1. The molecule has 0 aliphatic carbocycles. The van der Waals surface area contributed by atoms with E-state index in [2.05, 4.69) is 45.7 Å². The lowest BCUT2D eigenvalue weighted by Crippen LogP contribution is -2.40. The molecular formula is C29H28N6O. The van der Waals surface area contributed by atoms with E-state index in [1.165, 1.54) is 0 Å². The maximum atomic E-state index is 12.6. The molecule has 2 amide bonds. The molecule has 0 spiro atoms. The van der Waals surface area contributed by atoms with Gasteiger partial charge in [-0.1, -0.05) is 30.4 Å². The fourth-order valence-electron chi connectivity index (χ4n) is 4.64. The van der Waals surface area contributed by atoms with Gasteiger partial charge in [-0.15, -0.1) is 0 Å². The van der Waals surface area contributed by atoms with Crippen molar-refractivity contribution in [3.63, 3.8) is 0 Å². The van der Waals surface area contributed by atoms with Crippen molar-refractivity contribution in [1.29, 1.82) is 5.26 Å². The van der Waals surface area contributed by atoms with Crippen LogP contribution in [0.15, 0.2) is 73.2 Å². The van der Waals surface area contributed by atoms with Gasteiger partial charge in [0.1, 0.15) is 6.07 Å². The average Bonchev–Trinajstić information content (AvgIpc) is 3.40. The van der Waals surface area contributed by atoms with Crippen molar-refractivity contribution < 1.29 is 4.79 Å². The number of fused-ring (bicyclic) bond motifs is 1. The third kappa shape index (κ3) is 4.93. The SMILES string of the molecule is Cc1c(Nc2c(C#N)cncc2C=CC2CCN(C(=O)Nc3ccccc3)CC2)ccc2[nH]ccc12. The maximum Gasteiger partial charge on any atom is 0.321 e. The third-order valence-corrected chi connectivity index (χ3v) is 6.76. The first-order valence-corrected chi connectivity index (χ1v) is 12.1. The number of amides is 2. The minimum atomic E-state index is -0.0594. The van der Waals surface area contributed by atoms with Crippen LogP contribution in [0.3, 0.4) is 0 Å². The summed E-state index contributed by atoms with van der Waals surface area (Å²) in [5, 5.41) is 17.3. The molecule has 0 unspecified atom stereocenters. The fourth-order valence-corrected chi connectivity index (χ4v) is 4.64. The molecule has 2 aromatic carbocycles. The van der Waals surface area contributed by atoms with Crippen molar-refractivity contribution in [2.24, 2.45) is 5.92 Å². The Kier molecular flexibility index (Phi) is 6.67. The van der Waals surface area contributed by atoms with Gasteiger partial charge in [0.2, 0.25) is 0 Å². The molecule has 5 rings (SSSR count). The molecule has 180 valence electrons. The molecule has 4 aromatic rings. The van der Waals surface area contributed by atoms with Crippen molar-refractivity contribution in [3.8, 4) is 6.07 Å². The summed E-state index contributed by atoms with van der Waals surface area (Å²) >= 11 is 0. The number of nitrogens with zero attached hydrogens (tertiary/aromatic N) is 3. The van der Waals surface area contributed by atoms with Crippen molar-refractivity contribution >= 4 is 40.1 Å². The number of aromatic amines is 1. The lowest BCUT2D eigenvalue weighted by atomic mass is 9.95. The van der Waals surface area contributed by atoms with Crippen LogP contribution in [0.4, 0.5) is 21.9 Å². The number of aromatic nitrogens is 2. The van der Waals surface area contributed by atoms with Crippen molar-refractivity contribution in [2.45, 2.75) is 19.8 Å². The van der Waals surface area contributed by atoms with Crippen molar-refractivity contribution in [2.75, 3.05) is 23.7 Å². The second-order valence-electron chi connectivity index (χ2n) is 9.04. The van der Waals surface area contributed by atoms with E-state index in [-0.39, 0.29) is 6.03 Å². The van der Waals surface area contributed by atoms with Gasteiger partial charge in [-0.05, 0) is 61.6 Å². The highest BCUT2D eigenvalue weighted by Crippen LogP contribution is 2.31. The van der Waals surface area contributed by atoms with Crippen molar-refractivity contribution in [1.82, 2.24) is 14.9 Å². The Labute approximate surface area is 210 Å². The van der Waals surface area contributed by atoms with E-state index in [1.807, 2.05) is 59.6 Å². The molecule has 36 heavy (non-hydrogen) atoms. The number of aryl methyl sites for hydroxylation is 1. The first kappa shape index (κ1) is 23.2. The Hall–Kier alpha value is -4.57. The van der Waals surface area contributed by atoms with Crippen LogP contribution in [0.5, 0.6) is 0 Å². The van der Waals surface area contributed by atoms with E-state index in [4.69, 9.17) is 0 Å². The van der Waals surface area contributed by atoms with Crippen LogP contribution in [-0.2, 0) is 0 Å². The summed E-state index contributed by atoms with van der Waals surface area (Å²) in [6.45, 7) is 3.47. The quantitative estimate of drug-likeness (QED) is 0.309. The third-order valence-electron chi connectivity index (χ3n) is 6.76. The molecule has 1 aliphatic rings. The molecule has 2 aromatic heterocycles. The first-order valence-electron chi connectivity index (χ1n) is 12.1. The molecular weight excluding hydrogens is 448 g/mol. The van der Waals surface area contributed by atoms with E-state index in [0.717, 1.165) is 51.9 Å². The zero-order valence-electron chi connectivity index (χ0n) is 20.2. The number of hydrogen-bond acceptors (Lipinski definition) is 4. The number of para-hydroxylation sites is 1. The lowest BCUT2D eigenvalue weighted by Gasteiger charge is -2.30. The van der Waals surface area contributed by atoms with Gasteiger partial charge in [0, 0.05) is 59.5 Å². The predicted molar refractivity (Wildman–Crippen MR) is 144 cm³/mol. The van der Waals surface area contributed by atoms with E-state index in [0.29, 0.717) is 24.6 Å².